The molecule has 19 heavy (non-hydrogen) atoms. The highest BCUT2D eigenvalue weighted by Gasteiger charge is 2.27. The summed E-state index contributed by atoms with van der Waals surface area (Å²) < 4.78 is 5.94. The van der Waals surface area contributed by atoms with Crippen molar-refractivity contribution in [3.05, 3.63) is 23.3 Å². The highest BCUT2D eigenvalue weighted by molar-refractivity contribution is 5.47. The molecule has 1 aliphatic rings. The summed E-state index contributed by atoms with van der Waals surface area (Å²) in [6, 6.07) is 3.96. The van der Waals surface area contributed by atoms with E-state index in [9.17, 15) is 5.11 Å². The monoisotopic (exact) mass is 262 g/mol. The summed E-state index contributed by atoms with van der Waals surface area (Å²) in [6.07, 6.45) is 8.00. The van der Waals surface area contributed by atoms with Gasteiger partial charge in [0.2, 0.25) is 0 Å². The second-order valence-corrected chi connectivity index (χ2v) is 6.26. The molecule has 0 bridgehead atoms. The van der Waals surface area contributed by atoms with E-state index in [0.717, 1.165) is 37.0 Å². The summed E-state index contributed by atoms with van der Waals surface area (Å²) in [6.45, 7) is 6.42. The van der Waals surface area contributed by atoms with Gasteiger partial charge < -0.3 is 9.84 Å². The lowest BCUT2D eigenvalue weighted by atomic mass is 9.92. The first kappa shape index (κ1) is 14.2. The van der Waals surface area contributed by atoms with Gasteiger partial charge in [-0.2, -0.15) is 0 Å². The molecule has 1 heterocycles. The Morgan fingerprint density at radius 3 is 2.74 bits per heavy atom. The van der Waals surface area contributed by atoms with Gasteiger partial charge in [0.1, 0.15) is 17.1 Å². The second kappa shape index (κ2) is 5.85. The quantitative estimate of drug-likeness (QED) is 0.785. The molecule has 0 fully saturated rings. The summed E-state index contributed by atoms with van der Waals surface area (Å²) in [5, 5.41) is 10.1. The molecule has 1 N–H and O–H groups in total. The Kier molecular flexibility index (Phi) is 4.38. The molecule has 2 heteroatoms. The number of benzene rings is 1. The Balaban J connectivity index is 2.07. The van der Waals surface area contributed by atoms with E-state index >= 15 is 0 Å². The van der Waals surface area contributed by atoms with Crippen molar-refractivity contribution in [3.8, 4) is 11.5 Å². The third-order valence-electron chi connectivity index (χ3n) is 3.94. The maximum Gasteiger partial charge on any atom is 0.127 e. The molecule has 2 rings (SSSR count). The SMILES string of the molecule is CCCCCCc1cc2c(cc1O)OC(C)(C)CC2. The van der Waals surface area contributed by atoms with Crippen molar-refractivity contribution in [2.75, 3.05) is 0 Å². The minimum atomic E-state index is -0.109. The fourth-order valence-corrected chi connectivity index (χ4v) is 2.68. The van der Waals surface area contributed by atoms with Crippen LogP contribution in [0, 0.1) is 0 Å². The topological polar surface area (TPSA) is 29.5 Å². The summed E-state index contributed by atoms with van der Waals surface area (Å²) in [4.78, 5) is 0. The standard InChI is InChI=1S/C17H26O2/c1-4-5-6-7-8-13-11-14-9-10-17(2,3)19-16(14)12-15(13)18/h11-12,18H,4-10H2,1-3H3. The summed E-state index contributed by atoms with van der Waals surface area (Å²) in [7, 11) is 0. The number of rotatable bonds is 5. The van der Waals surface area contributed by atoms with Crippen LogP contribution in [-0.2, 0) is 12.8 Å². The van der Waals surface area contributed by atoms with Crippen LogP contribution in [-0.4, -0.2) is 10.7 Å². The molecule has 0 radical (unpaired) electrons. The summed E-state index contributed by atoms with van der Waals surface area (Å²) in [5.41, 5.74) is 2.23. The van der Waals surface area contributed by atoms with E-state index in [4.69, 9.17) is 4.74 Å². The number of aryl methyl sites for hydroxylation is 2. The van der Waals surface area contributed by atoms with E-state index in [1.54, 1.807) is 0 Å². The van der Waals surface area contributed by atoms with Gasteiger partial charge in [-0.05, 0) is 56.7 Å². The van der Waals surface area contributed by atoms with Crippen LogP contribution in [0.5, 0.6) is 11.5 Å². The Labute approximate surface area is 116 Å². The van der Waals surface area contributed by atoms with Crippen LogP contribution in [0.15, 0.2) is 12.1 Å². The first-order valence-corrected chi connectivity index (χ1v) is 7.55. The smallest absolute Gasteiger partial charge is 0.127 e. The van der Waals surface area contributed by atoms with Gasteiger partial charge in [-0.15, -0.1) is 0 Å². The zero-order valence-corrected chi connectivity index (χ0v) is 12.5. The van der Waals surface area contributed by atoms with Gasteiger partial charge in [0.05, 0.1) is 0 Å². The first-order valence-electron chi connectivity index (χ1n) is 7.55. The largest absolute Gasteiger partial charge is 0.508 e. The molecule has 0 amide bonds. The van der Waals surface area contributed by atoms with Crippen LogP contribution in [0.1, 0.15) is 64.0 Å². The van der Waals surface area contributed by atoms with E-state index in [-0.39, 0.29) is 5.60 Å². The predicted octanol–water partition coefficient (Wildman–Crippen LogP) is 4.62. The lowest BCUT2D eigenvalue weighted by Gasteiger charge is -2.33. The molecule has 0 unspecified atom stereocenters. The Bertz CT molecular complexity index is 435. The predicted molar refractivity (Wildman–Crippen MR) is 79.0 cm³/mol. The maximum absolute atomic E-state index is 10.1. The first-order chi connectivity index (χ1) is 9.02. The molecule has 1 aromatic rings. The molecule has 1 aromatic carbocycles. The van der Waals surface area contributed by atoms with E-state index < -0.39 is 0 Å². The van der Waals surface area contributed by atoms with E-state index in [1.807, 2.05) is 6.07 Å². The highest BCUT2D eigenvalue weighted by Crippen LogP contribution is 2.37. The van der Waals surface area contributed by atoms with Crippen molar-refractivity contribution >= 4 is 0 Å². The number of phenolic OH excluding ortho intramolecular Hbond substituents is 1. The number of ether oxygens (including phenoxy) is 1. The van der Waals surface area contributed by atoms with Crippen molar-refractivity contribution in [1.29, 1.82) is 0 Å². The number of unbranched alkanes of at least 4 members (excludes halogenated alkanes) is 3. The van der Waals surface area contributed by atoms with Gasteiger partial charge in [-0.1, -0.05) is 26.2 Å². The molecule has 0 spiro atoms. The van der Waals surface area contributed by atoms with Gasteiger partial charge in [0, 0.05) is 6.07 Å². The molecule has 0 atom stereocenters. The fraction of sp³-hybridized carbons (Fsp3) is 0.647. The third-order valence-corrected chi connectivity index (χ3v) is 3.94. The van der Waals surface area contributed by atoms with Crippen molar-refractivity contribution in [2.24, 2.45) is 0 Å². The van der Waals surface area contributed by atoms with Crippen molar-refractivity contribution in [1.82, 2.24) is 0 Å². The number of fused-ring (bicyclic) bond motifs is 1. The van der Waals surface area contributed by atoms with Crippen LogP contribution < -0.4 is 4.74 Å². The average molecular weight is 262 g/mol. The Morgan fingerprint density at radius 2 is 2.00 bits per heavy atom. The van der Waals surface area contributed by atoms with Gasteiger partial charge >= 0.3 is 0 Å². The molecule has 1 aliphatic heterocycles. The Morgan fingerprint density at radius 1 is 1.21 bits per heavy atom. The molecule has 0 saturated heterocycles. The zero-order valence-electron chi connectivity index (χ0n) is 12.5. The molecular formula is C17H26O2. The molecule has 106 valence electrons. The number of hydrogen-bond acceptors (Lipinski definition) is 2. The van der Waals surface area contributed by atoms with E-state index in [1.165, 1.54) is 24.8 Å². The molecule has 0 aromatic heterocycles. The van der Waals surface area contributed by atoms with Crippen LogP contribution in [0.2, 0.25) is 0 Å². The third kappa shape index (κ3) is 3.65. The van der Waals surface area contributed by atoms with Crippen molar-refractivity contribution < 1.29 is 9.84 Å². The van der Waals surface area contributed by atoms with Crippen LogP contribution >= 0.6 is 0 Å². The number of phenols is 1. The maximum atomic E-state index is 10.1. The van der Waals surface area contributed by atoms with E-state index in [0.29, 0.717) is 5.75 Å². The minimum Gasteiger partial charge on any atom is -0.508 e. The Hall–Kier alpha value is -1.18. The zero-order chi connectivity index (χ0) is 13.9. The normalized spacial score (nSPS) is 16.8. The fourth-order valence-electron chi connectivity index (χ4n) is 2.68. The lowest BCUT2D eigenvalue weighted by molar-refractivity contribution is 0.0843. The molecular weight excluding hydrogens is 236 g/mol. The van der Waals surface area contributed by atoms with Gasteiger partial charge in [-0.25, -0.2) is 0 Å². The number of aromatic hydroxyl groups is 1. The van der Waals surface area contributed by atoms with Crippen molar-refractivity contribution in [2.45, 2.75) is 71.3 Å². The molecule has 2 nitrogen and oxygen atoms in total. The lowest BCUT2D eigenvalue weighted by Crippen LogP contribution is -2.32. The van der Waals surface area contributed by atoms with Crippen molar-refractivity contribution in [3.63, 3.8) is 0 Å². The van der Waals surface area contributed by atoms with Crippen LogP contribution in [0.25, 0.3) is 0 Å². The van der Waals surface area contributed by atoms with Crippen LogP contribution in [0.3, 0.4) is 0 Å². The van der Waals surface area contributed by atoms with Gasteiger partial charge in [-0.3, -0.25) is 0 Å². The van der Waals surface area contributed by atoms with Gasteiger partial charge in [0.25, 0.3) is 0 Å². The molecule has 0 saturated carbocycles. The number of hydrogen-bond donors (Lipinski definition) is 1. The minimum absolute atomic E-state index is 0.109. The second-order valence-electron chi connectivity index (χ2n) is 6.26. The summed E-state index contributed by atoms with van der Waals surface area (Å²) >= 11 is 0. The highest BCUT2D eigenvalue weighted by atomic mass is 16.5. The van der Waals surface area contributed by atoms with Gasteiger partial charge in [0.15, 0.2) is 0 Å². The van der Waals surface area contributed by atoms with E-state index in [2.05, 4.69) is 26.8 Å². The molecule has 0 aliphatic carbocycles. The van der Waals surface area contributed by atoms with Crippen LogP contribution in [0.4, 0.5) is 0 Å². The summed E-state index contributed by atoms with van der Waals surface area (Å²) in [5.74, 6) is 1.26. The average Bonchev–Trinajstić information content (AvgIpc) is 2.34.